The molecule has 0 rings (SSSR count). The average Bonchev–Trinajstić information content (AvgIpc) is 1.33. The zero-order valence-corrected chi connectivity index (χ0v) is 3.50. The predicted molar refractivity (Wildman–Crippen MR) is 22.4 cm³/mol. The second-order valence-electron chi connectivity index (χ2n) is 0.508. The molecule has 40 valence electrons. The molecule has 5 N–H and O–H groups in total. The van der Waals surface area contributed by atoms with E-state index < -0.39 is 6.03 Å². The molecule has 0 aliphatic rings. The molecule has 0 aromatic rings. The molecular weight excluding hydrogens is 98.8 g/mol. The van der Waals surface area contributed by atoms with E-state index >= 15 is 0 Å². The van der Waals surface area contributed by atoms with Crippen LogP contribution in [0.3, 0.4) is 0 Å². The molecule has 0 spiro atoms. The minimum atomic E-state index is -0.833. The van der Waals surface area contributed by atoms with Crippen molar-refractivity contribution >= 4 is 13.4 Å². The van der Waals surface area contributed by atoms with E-state index in [4.69, 9.17) is 14.5 Å². The number of rotatable bonds is 0. The Labute approximate surface area is 40.6 Å². The van der Waals surface area contributed by atoms with Gasteiger partial charge in [-0.3, -0.25) is 0 Å². The van der Waals surface area contributed by atoms with Crippen LogP contribution in [0.15, 0.2) is 0 Å². The van der Waals surface area contributed by atoms with E-state index in [0.717, 1.165) is 0 Å². The summed E-state index contributed by atoms with van der Waals surface area (Å²) in [6.07, 6.45) is 0. The molecule has 0 saturated heterocycles. The number of amides is 2. The van der Waals surface area contributed by atoms with Crippen LogP contribution in [0, 0.1) is 0 Å². The van der Waals surface area contributed by atoms with Gasteiger partial charge in [-0.2, -0.15) is 0 Å². The zero-order valence-electron chi connectivity index (χ0n) is 3.50. The Morgan fingerprint density at radius 1 is 1.57 bits per heavy atom. The first-order valence-corrected chi connectivity index (χ1v) is 1.28. The van der Waals surface area contributed by atoms with Crippen molar-refractivity contribution in [3.05, 3.63) is 0 Å². The van der Waals surface area contributed by atoms with Gasteiger partial charge in [-0.05, 0) is 0 Å². The van der Waals surface area contributed by atoms with Crippen molar-refractivity contribution in [2.75, 3.05) is 0 Å². The first-order valence-electron chi connectivity index (χ1n) is 1.28. The summed E-state index contributed by atoms with van der Waals surface area (Å²) in [4.78, 5) is 9.00. The number of hydrogen-bond acceptors (Lipinski definition) is 2. The van der Waals surface area contributed by atoms with Gasteiger partial charge in [0.25, 0.3) is 0 Å². The van der Waals surface area contributed by atoms with Crippen molar-refractivity contribution in [2.24, 2.45) is 11.5 Å². The van der Waals surface area contributed by atoms with E-state index in [1.54, 1.807) is 0 Å². The average molecular weight is 104 g/mol. The predicted octanol–water partition coefficient (Wildman–Crippen LogP) is -2.03. The monoisotopic (exact) mass is 104 g/mol. The van der Waals surface area contributed by atoms with Crippen LogP contribution in [0.1, 0.15) is 0 Å². The molecule has 0 atom stereocenters. The van der Waals surface area contributed by atoms with Crippen LogP contribution in [0.4, 0.5) is 4.79 Å². The number of carbonyl (C=O) groups is 1. The van der Waals surface area contributed by atoms with E-state index in [1.165, 1.54) is 0 Å². The first-order chi connectivity index (χ1) is 3.15. The molecule has 5 nitrogen and oxygen atoms in total. The Balaban J connectivity index is 0. The van der Waals surface area contributed by atoms with Gasteiger partial charge in [0.1, 0.15) is 0 Å². The third-order valence-electron chi connectivity index (χ3n) is 0. The fourth-order valence-electron chi connectivity index (χ4n) is 0. The Bertz CT molecular complexity index is 60.0. The van der Waals surface area contributed by atoms with E-state index in [9.17, 15) is 0 Å². The minimum absolute atomic E-state index is 0.250. The van der Waals surface area contributed by atoms with E-state index in [1.807, 2.05) is 0 Å². The van der Waals surface area contributed by atoms with Crippen LogP contribution < -0.4 is 11.5 Å². The molecule has 0 aliphatic carbocycles. The maximum absolute atomic E-state index is 9.00. The third-order valence-corrected chi connectivity index (χ3v) is 0. The molecule has 2 amide bonds. The van der Waals surface area contributed by atoms with Crippen LogP contribution in [-0.4, -0.2) is 18.4 Å². The van der Waals surface area contributed by atoms with Gasteiger partial charge in [0, 0.05) is 0 Å². The molecule has 0 heterocycles. The topological polar surface area (TPSA) is 106 Å². The van der Waals surface area contributed by atoms with Gasteiger partial charge in [0.2, 0.25) is 0 Å². The second-order valence-corrected chi connectivity index (χ2v) is 0.508. The van der Waals surface area contributed by atoms with Crippen molar-refractivity contribution in [2.45, 2.75) is 0 Å². The summed E-state index contributed by atoms with van der Waals surface area (Å²) >= 11 is 0. The molecule has 7 heavy (non-hydrogen) atoms. The zero-order chi connectivity index (χ0) is 6.28. The number of primary amides is 2. The van der Waals surface area contributed by atoms with E-state index in [2.05, 4.69) is 11.5 Å². The van der Waals surface area contributed by atoms with E-state index in [-0.39, 0.29) is 7.35 Å². The van der Waals surface area contributed by atoms with Gasteiger partial charge in [0.05, 0.1) is 0 Å². The van der Waals surface area contributed by atoms with Gasteiger partial charge in [-0.1, -0.05) is 0 Å². The standard InChI is InChI=1S/CH4N2O.BHO2/c2-1(3)4;2-1-3/h(H4,2,3,4);2H. The summed E-state index contributed by atoms with van der Waals surface area (Å²) in [5.74, 6) is 0. The van der Waals surface area contributed by atoms with Gasteiger partial charge >= 0.3 is 23.1 Å². The van der Waals surface area contributed by atoms with Crippen molar-refractivity contribution in [1.82, 2.24) is 0 Å². The van der Waals surface area contributed by atoms with Crippen LogP contribution in [-0.2, 0) is 4.70 Å². The summed E-state index contributed by atoms with van der Waals surface area (Å²) in [7, 11) is -0.250. The number of carbonyl (C=O) groups excluding carboxylic acids is 1. The summed E-state index contributed by atoms with van der Waals surface area (Å²) < 4.78 is 8.36. The summed E-state index contributed by atoms with van der Waals surface area (Å²) in [6, 6.07) is -0.833. The van der Waals surface area contributed by atoms with Gasteiger partial charge in [0.15, 0.2) is 0 Å². The summed E-state index contributed by atoms with van der Waals surface area (Å²) in [6.45, 7) is 0. The molecule has 0 aromatic heterocycles. The molecule has 0 aromatic carbocycles. The molecule has 0 fully saturated rings. The van der Waals surface area contributed by atoms with Crippen LogP contribution in [0.25, 0.3) is 0 Å². The molecular formula is CH5BN2O3. The molecule has 0 radical (unpaired) electrons. The maximum atomic E-state index is 9.00. The van der Waals surface area contributed by atoms with Gasteiger partial charge in [-0.15, -0.1) is 0 Å². The van der Waals surface area contributed by atoms with E-state index in [0.29, 0.717) is 0 Å². The van der Waals surface area contributed by atoms with Crippen molar-refractivity contribution in [3.8, 4) is 0 Å². The van der Waals surface area contributed by atoms with Crippen LogP contribution in [0.5, 0.6) is 0 Å². The Kier molecular flexibility index (Phi) is 11.8. The van der Waals surface area contributed by atoms with Crippen LogP contribution in [0.2, 0.25) is 0 Å². The molecule has 0 unspecified atom stereocenters. The van der Waals surface area contributed by atoms with Gasteiger partial charge < -0.3 is 11.5 Å². The van der Waals surface area contributed by atoms with Crippen molar-refractivity contribution in [1.29, 1.82) is 0 Å². The number of urea groups is 1. The first kappa shape index (κ1) is 9.33. The SMILES string of the molecule is NC(N)=O.O=BO. The summed E-state index contributed by atoms with van der Waals surface area (Å²) in [5.41, 5.74) is 8.50. The number of nitrogens with two attached hydrogens (primary N) is 2. The Hall–Kier alpha value is -1.07. The quantitative estimate of drug-likeness (QED) is 0.308. The normalized spacial score (nSPS) is 4.57. The molecule has 0 saturated carbocycles. The Morgan fingerprint density at radius 2 is 1.57 bits per heavy atom. The fourth-order valence-corrected chi connectivity index (χ4v) is 0. The summed E-state index contributed by atoms with van der Waals surface area (Å²) in [5, 5.41) is 6.89. The van der Waals surface area contributed by atoms with Gasteiger partial charge in [-0.25, -0.2) is 4.79 Å². The van der Waals surface area contributed by atoms with Crippen molar-refractivity contribution < 1.29 is 14.5 Å². The van der Waals surface area contributed by atoms with Crippen LogP contribution >= 0.6 is 0 Å². The van der Waals surface area contributed by atoms with Crippen molar-refractivity contribution in [3.63, 3.8) is 0 Å². The molecule has 0 aliphatic heterocycles. The Morgan fingerprint density at radius 3 is 1.57 bits per heavy atom. The molecule has 0 bridgehead atoms. The second kappa shape index (κ2) is 8.87. The molecule has 6 heteroatoms. The third kappa shape index (κ3) is 37.5. The number of hydrogen-bond donors (Lipinski definition) is 3. The fraction of sp³-hybridized carbons (Fsp3) is 0.